The summed E-state index contributed by atoms with van der Waals surface area (Å²) in [5.74, 6) is -1.10. The van der Waals surface area contributed by atoms with E-state index in [2.05, 4.69) is 20.1 Å². The number of amides is 2. The number of hydrogen-bond acceptors (Lipinski definition) is 4. The molecule has 1 unspecified atom stereocenters. The second kappa shape index (κ2) is 8.42. The number of esters is 1. The van der Waals surface area contributed by atoms with Crippen molar-refractivity contribution in [2.75, 3.05) is 12.4 Å². The number of urea groups is 1. The van der Waals surface area contributed by atoms with Crippen LogP contribution >= 0.6 is 0 Å². The largest absolute Gasteiger partial charge is 0.573 e. The number of anilines is 1. The second-order valence-corrected chi connectivity index (χ2v) is 5.35. The third-order valence-electron chi connectivity index (χ3n) is 2.86. The molecule has 24 heavy (non-hydrogen) atoms. The van der Waals surface area contributed by atoms with Crippen LogP contribution in [0.3, 0.4) is 0 Å². The maximum Gasteiger partial charge on any atom is 0.573 e. The SMILES string of the molecule is COC(=O)C(CC(C)C)NC(=O)Nc1ccccc1OC(F)(F)F. The van der Waals surface area contributed by atoms with Gasteiger partial charge < -0.3 is 20.1 Å². The molecule has 2 amide bonds. The number of rotatable bonds is 6. The topological polar surface area (TPSA) is 76.7 Å². The van der Waals surface area contributed by atoms with Crippen LogP contribution < -0.4 is 15.4 Å². The fraction of sp³-hybridized carbons (Fsp3) is 0.467. The molecule has 0 fully saturated rings. The Kier molecular flexibility index (Phi) is 6.87. The van der Waals surface area contributed by atoms with Crippen molar-refractivity contribution in [2.45, 2.75) is 32.7 Å². The van der Waals surface area contributed by atoms with Gasteiger partial charge in [0.05, 0.1) is 12.8 Å². The monoisotopic (exact) mass is 348 g/mol. The summed E-state index contributed by atoms with van der Waals surface area (Å²) in [4.78, 5) is 23.6. The highest BCUT2D eigenvalue weighted by Crippen LogP contribution is 2.29. The summed E-state index contributed by atoms with van der Waals surface area (Å²) >= 11 is 0. The lowest BCUT2D eigenvalue weighted by atomic mass is 10.0. The minimum absolute atomic E-state index is 0.0928. The van der Waals surface area contributed by atoms with E-state index in [4.69, 9.17) is 0 Å². The van der Waals surface area contributed by atoms with Gasteiger partial charge in [-0.05, 0) is 24.5 Å². The van der Waals surface area contributed by atoms with E-state index in [1.165, 1.54) is 25.3 Å². The minimum atomic E-state index is -4.89. The fourth-order valence-corrected chi connectivity index (χ4v) is 1.93. The number of halogens is 3. The molecule has 6 nitrogen and oxygen atoms in total. The highest BCUT2D eigenvalue weighted by molar-refractivity contribution is 5.93. The van der Waals surface area contributed by atoms with Crippen molar-refractivity contribution in [2.24, 2.45) is 5.92 Å². The highest BCUT2D eigenvalue weighted by atomic mass is 19.4. The molecule has 0 aromatic heterocycles. The molecule has 0 aliphatic rings. The zero-order valence-corrected chi connectivity index (χ0v) is 13.4. The van der Waals surface area contributed by atoms with Crippen molar-refractivity contribution < 1.29 is 32.2 Å². The lowest BCUT2D eigenvalue weighted by Gasteiger charge is -2.19. The van der Waals surface area contributed by atoms with Crippen LogP contribution in [-0.2, 0) is 9.53 Å². The van der Waals surface area contributed by atoms with Gasteiger partial charge in [0.25, 0.3) is 0 Å². The van der Waals surface area contributed by atoms with E-state index in [1.807, 2.05) is 13.8 Å². The van der Waals surface area contributed by atoms with Gasteiger partial charge in [0, 0.05) is 0 Å². The Morgan fingerprint density at radius 2 is 1.83 bits per heavy atom. The Bertz CT molecular complexity index is 576. The van der Waals surface area contributed by atoms with Gasteiger partial charge in [-0.25, -0.2) is 9.59 Å². The number of benzene rings is 1. The molecule has 0 spiro atoms. The maximum atomic E-state index is 12.4. The standard InChI is InChI=1S/C15H19F3N2O4/c1-9(2)8-11(13(21)23-3)20-14(22)19-10-6-4-5-7-12(10)24-15(16,17)18/h4-7,9,11H,8H2,1-3H3,(H2,19,20,22). The van der Waals surface area contributed by atoms with Crippen molar-refractivity contribution in [1.82, 2.24) is 5.32 Å². The number of ether oxygens (including phenoxy) is 2. The van der Waals surface area contributed by atoms with E-state index in [1.54, 1.807) is 0 Å². The molecule has 1 atom stereocenters. The first-order valence-electron chi connectivity index (χ1n) is 7.12. The molecule has 1 aromatic rings. The van der Waals surface area contributed by atoms with Gasteiger partial charge >= 0.3 is 18.4 Å². The maximum absolute atomic E-state index is 12.4. The van der Waals surface area contributed by atoms with E-state index >= 15 is 0 Å². The van der Waals surface area contributed by atoms with Gasteiger partial charge in [0.15, 0.2) is 5.75 Å². The summed E-state index contributed by atoms with van der Waals surface area (Å²) in [5.41, 5.74) is -0.180. The van der Waals surface area contributed by atoms with Gasteiger partial charge in [-0.2, -0.15) is 0 Å². The lowest BCUT2D eigenvalue weighted by molar-refractivity contribution is -0.274. The summed E-state index contributed by atoms with van der Waals surface area (Å²) in [5, 5.41) is 4.61. The van der Waals surface area contributed by atoms with Crippen LogP contribution in [-0.4, -0.2) is 31.5 Å². The summed E-state index contributed by atoms with van der Waals surface area (Å²) < 4.78 is 45.5. The van der Waals surface area contributed by atoms with E-state index in [0.717, 1.165) is 6.07 Å². The predicted molar refractivity (Wildman–Crippen MR) is 80.5 cm³/mol. The van der Waals surface area contributed by atoms with Gasteiger partial charge in [-0.3, -0.25) is 0 Å². The Labute approximate surface area is 137 Å². The Morgan fingerprint density at radius 3 is 2.38 bits per heavy atom. The molecule has 134 valence electrons. The number of alkyl halides is 3. The quantitative estimate of drug-likeness (QED) is 0.774. The lowest BCUT2D eigenvalue weighted by Crippen LogP contribution is -2.44. The Balaban J connectivity index is 2.81. The van der Waals surface area contributed by atoms with E-state index in [-0.39, 0.29) is 11.6 Å². The van der Waals surface area contributed by atoms with Crippen molar-refractivity contribution in [3.05, 3.63) is 24.3 Å². The molecule has 0 radical (unpaired) electrons. The number of nitrogens with one attached hydrogen (secondary N) is 2. The molecule has 0 aliphatic heterocycles. The van der Waals surface area contributed by atoms with Crippen molar-refractivity contribution >= 4 is 17.7 Å². The predicted octanol–water partition coefficient (Wildman–Crippen LogP) is 3.29. The average molecular weight is 348 g/mol. The minimum Gasteiger partial charge on any atom is -0.467 e. The molecule has 2 N–H and O–H groups in total. The first-order valence-corrected chi connectivity index (χ1v) is 7.12. The molecular weight excluding hydrogens is 329 g/mol. The summed E-state index contributed by atoms with van der Waals surface area (Å²) in [6.07, 6.45) is -4.57. The van der Waals surface area contributed by atoms with Gasteiger partial charge in [-0.15, -0.1) is 13.2 Å². The molecule has 9 heteroatoms. The number of carbonyl (C=O) groups excluding carboxylic acids is 2. The highest BCUT2D eigenvalue weighted by Gasteiger charge is 2.32. The van der Waals surface area contributed by atoms with Gasteiger partial charge in [0.2, 0.25) is 0 Å². The Hall–Kier alpha value is -2.45. The van der Waals surface area contributed by atoms with Crippen LogP contribution in [0.25, 0.3) is 0 Å². The van der Waals surface area contributed by atoms with Crippen LogP contribution in [0.1, 0.15) is 20.3 Å². The van der Waals surface area contributed by atoms with E-state index in [0.29, 0.717) is 6.42 Å². The summed E-state index contributed by atoms with van der Waals surface area (Å²) in [7, 11) is 1.18. The molecule has 0 saturated heterocycles. The van der Waals surface area contributed by atoms with Crippen LogP contribution in [0.5, 0.6) is 5.75 Å². The number of carbonyl (C=O) groups is 2. The number of hydrogen-bond donors (Lipinski definition) is 2. The molecule has 0 aliphatic carbocycles. The van der Waals surface area contributed by atoms with Crippen molar-refractivity contribution in [3.8, 4) is 5.75 Å². The van der Waals surface area contributed by atoms with Crippen LogP contribution in [0, 0.1) is 5.92 Å². The van der Waals surface area contributed by atoms with Crippen LogP contribution in [0.15, 0.2) is 24.3 Å². The van der Waals surface area contributed by atoms with Crippen LogP contribution in [0.4, 0.5) is 23.7 Å². The van der Waals surface area contributed by atoms with Gasteiger partial charge in [0.1, 0.15) is 6.04 Å². The third kappa shape index (κ3) is 6.76. The summed E-state index contributed by atoms with van der Waals surface area (Å²) in [6.45, 7) is 3.70. The average Bonchev–Trinajstić information content (AvgIpc) is 2.45. The normalized spacial score (nSPS) is 12.5. The molecule has 0 saturated carbocycles. The molecule has 1 rings (SSSR count). The van der Waals surface area contributed by atoms with E-state index < -0.39 is 30.2 Å². The zero-order chi connectivity index (χ0) is 18.3. The smallest absolute Gasteiger partial charge is 0.467 e. The fourth-order valence-electron chi connectivity index (χ4n) is 1.93. The molecular formula is C15H19F3N2O4. The van der Waals surface area contributed by atoms with E-state index in [9.17, 15) is 22.8 Å². The van der Waals surface area contributed by atoms with Crippen molar-refractivity contribution in [3.63, 3.8) is 0 Å². The zero-order valence-electron chi connectivity index (χ0n) is 13.4. The molecule has 0 bridgehead atoms. The molecule has 0 heterocycles. The third-order valence-corrected chi connectivity index (χ3v) is 2.86. The first-order chi connectivity index (χ1) is 11.1. The number of methoxy groups -OCH3 is 1. The van der Waals surface area contributed by atoms with Crippen molar-refractivity contribution in [1.29, 1.82) is 0 Å². The summed E-state index contributed by atoms with van der Waals surface area (Å²) in [6, 6.07) is 3.32. The second-order valence-electron chi connectivity index (χ2n) is 5.35. The van der Waals surface area contributed by atoms with Gasteiger partial charge in [-0.1, -0.05) is 26.0 Å². The molecule has 1 aromatic carbocycles. The number of para-hydroxylation sites is 2. The van der Waals surface area contributed by atoms with Crippen LogP contribution in [0.2, 0.25) is 0 Å². The first kappa shape index (κ1) is 19.6. The Morgan fingerprint density at radius 1 is 1.21 bits per heavy atom.